The molecule has 0 heterocycles. The SMILES string of the molecule is COCCN(c1ccc([C@H](C)N)cc1Br)C(C)C1CC1. The van der Waals surface area contributed by atoms with Gasteiger partial charge in [-0.15, -0.1) is 0 Å². The summed E-state index contributed by atoms with van der Waals surface area (Å²) < 4.78 is 6.39. The van der Waals surface area contributed by atoms with Crippen LogP contribution in [0.2, 0.25) is 0 Å². The van der Waals surface area contributed by atoms with Crippen LogP contribution in [0.3, 0.4) is 0 Å². The molecule has 2 atom stereocenters. The Hall–Kier alpha value is -0.580. The van der Waals surface area contributed by atoms with Gasteiger partial charge in [0.05, 0.1) is 12.3 Å². The van der Waals surface area contributed by atoms with Gasteiger partial charge in [-0.2, -0.15) is 0 Å². The van der Waals surface area contributed by atoms with Gasteiger partial charge in [0.1, 0.15) is 0 Å². The van der Waals surface area contributed by atoms with Crippen molar-refractivity contribution in [2.75, 3.05) is 25.2 Å². The van der Waals surface area contributed by atoms with Crippen LogP contribution in [0.5, 0.6) is 0 Å². The van der Waals surface area contributed by atoms with Crippen molar-refractivity contribution in [2.45, 2.75) is 38.8 Å². The molecule has 1 saturated carbocycles. The molecule has 0 amide bonds. The largest absolute Gasteiger partial charge is 0.383 e. The summed E-state index contributed by atoms with van der Waals surface area (Å²) in [5.74, 6) is 0.826. The van der Waals surface area contributed by atoms with E-state index in [1.54, 1.807) is 7.11 Å². The monoisotopic (exact) mass is 340 g/mol. The molecule has 0 bridgehead atoms. The van der Waals surface area contributed by atoms with E-state index >= 15 is 0 Å². The average Bonchev–Trinajstić information content (AvgIpc) is 3.24. The fraction of sp³-hybridized carbons (Fsp3) is 0.625. The maximum atomic E-state index is 5.95. The minimum atomic E-state index is 0.0635. The quantitative estimate of drug-likeness (QED) is 0.821. The van der Waals surface area contributed by atoms with E-state index in [1.807, 2.05) is 6.92 Å². The Morgan fingerprint density at radius 3 is 2.60 bits per heavy atom. The predicted molar refractivity (Wildman–Crippen MR) is 88.2 cm³/mol. The van der Waals surface area contributed by atoms with E-state index in [2.05, 4.69) is 46.0 Å². The molecule has 0 aliphatic heterocycles. The third-order valence-corrected chi connectivity index (χ3v) is 4.77. The van der Waals surface area contributed by atoms with Gasteiger partial charge in [0.15, 0.2) is 0 Å². The maximum absolute atomic E-state index is 5.95. The van der Waals surface area contributed by atoms with Gasteiger partial charge in [-0.3, -0.25) is 0 Å². The Labute approximate surface area is 130 Å². The van der Waals surface area contributed by atoms with Crippen LogP contribution in [-0.2, 0) is 4.74 Å². The number of halogens is 1. The van der Waals surface area contributed by atoms with Crippen LogP contribution in [0.4, 0.5) is 5.69 Å². The summed E-state index contributed by atoms with van der Waals surface area (Å²) in [6, 6.07) is 7.07. The molecule has 0 aromatic heterocycles. The van der Waals surface area contributed by atoms with Gasteiger partial charge >= 0.3 is 0 Å². The first kappa shape index (κ1) is 15.8. The Balaban J connectivity index is 2.22. The number of hydrogen-bond acceptors (Lipinski definition) is 3. The summed E-state index contributed by atoms with van der Waals surface area (Å²) in [4.78, 5) is 2.45. The van der Waals surface area contributed by atoms with Gasteiger partial charge in [-0.05, 0) is 66.2 Å². The first-order chi connectivity index (χ1) is 9.54. The Bertz CT molecular complexity index is 446. The molecule has 1 unspecified atom stereocenters. The molecular formula is C16H25BrN2O. The molecule has 2 rings (SSSR count). The minimum absolute atomic E-state index is 0.0635. The molecule has 0 saturated heterocycles. The number of nitrogens with zero attached hydrogens (tertiary/aromatic N) is 1. The molecule has 0 radical (unpaired) electrons. The summed E-state index contributed by atoms with van der Waals surface area (Å²) >= 11 is 3.71. The van der Waals surface area contributed by atoms with Gasteiger partial charge in [-0.25, -0.2) is 0 Å². The zero-order chi connectivity index (χ0) is 14.7. The highest BCUT2D eigenvalue weighted by Gasteiger charge is 2.32. The molecule has 1 aromatic rings. The fourth-order valence-electron chi connectivity index (χ4n) is 2.61. The van der Waals surface area contributed by atoms with E-state index < -0.39 is 0 Å². The molecule has 1 aromatic carbocycles. The van der Waals surface area contributed by atoms with E-state index in [9.17, 15) is 0 Å². The van der Waals surface area contributed by atoms with E-state index in [0.29, 0.717) is 6.04 Å². The first-order valence-corrected chi connectivity index (χ1v) is 8.14. The second-order valence-corrected chi connectivity index (χ2v) is 6.62. The van der Waals surface area contributed by atoms with Crippen LogP contribution >= 0.6 is 15.9 Å². The number of hydrogen-bond donors (Lipinski definition) is 1. The first-order valence-electron chi connectivity index (χ1n) is 7.35. The van der Waals surface area contributed by atoms with Crippen LogP contribution < -0.4 is 10.6 Å². The van der Waals surface area contributed by atoms with Crippen LogP contribution in [0.1, 0.15) is 38.3 Å². The molecule has 1 aliphatic rings. The van der Waals surface area contributed by atoms with E-state index in [1.165, 1.54) is 18.5 Å². The van der Waals surface area contributed by atoms with Crippen LogP contribution in [0, 0.1) is 5.92 Å². The summed E-state index contributed by atoms with van der Waals surface area (Å²) in [6.07, 6.45) is 2.69. The molecule has 20 heavy (non-hydrogen) atoms. The topological polar surface area (TPSA) is 38.5 Å². The van der Waals surface area contributed by atoms with Crippen molar-refractivity contribution < 1.29 is 4.74 Å². The highest BCUT2D eigenvalue weighted by Crippen LogP contribution is 2.39. The normalized spacial score (nSPS) is 17.9. The van der Waals surface area contributed by atoms with Crippen molar-refractivity contribution in [2.24, 2.45) is 11.7 Å². The number of anilines is 1. The summed E-state index contributed by atoms with van der Waals surface area (Å²) in [6.45, 7) is 6.00. The number of rotatable bonds is 7. The predicted octanol–water partition coefficient (Wildman–Crippen LogP) is 3.72. The molecule has 1 aliphatic carbocycles. The Morgan fingerprint density at radius 1 is 1.40 bits per heavy atom. The van der Waals surface area contributed by atoms with Crippen molar-refractivity contribution in [3.63, 3.8) is 0 Å². The van der Waals surface area contributed by atoms with Crippen molar-refractivity contribution in [1.82, 2.24) is 0 Å². The lowest BCUT2D eigenvalue weighted by molar-refractivity contribution is 0.202. The Kier molecular flexibility index (Phi) is 5.47. The molecular weight excluding hydrogens is 316 g/mol. The summed E-state index contributed by atoms with van der Waals surface area (Å²) in [5.41, 5.74) is 8.35. The smallest absolute Gasteiger partial charge is 0.0637 e. The van der Waals surface area contributed by atoms with Crippen molar-refractivity contribution >= 4 is 21.6 Å². The third kappa shape index (κ3) is 3.74. The zero-order valence-corrected chi connectivity index (χ0v) is 14.2. The third-order valence-electron chi connectivity index (χ3n) is 4.14. The lowest BCUT2D eigenvalue weighted by Crippen LogP contribution is -2.37. The van der Waals surface area contributed by atoms with Gasteiger partial charge < -0.3 is 15.4 Å². The van der Waals surface area contributed by atoms with Crippen LogP contribution in [0.15, 0.2) is 22.7 Å². The van der Waals surface area contributed by atoms with Gasteiger partial charge in [0, 0.05) is 30.2 Å². The summed E-state index contributed by atoms with van der Waals surface area (Å²) in [7, 11) is 1.76. The molecule has 3 nitrogen and oxygen atoms in total. The minimum Gasteiger partial charge on any atom is -0.383 e. The van der Waals surface area contributed by atoms with E-state index in [-0.39, 0.29) is 6.04 Å². The number of benzene rings is 1. The number of methoxy groups -OCH3 is 1. The lowest BCUT2D eigenvalue weighted by atomic mass is 10.1. The lowest BCUT2D eigenvalue weighted by Gasteiger charge is -2.32. The second-order valence-electron chi connectivity index (χ2n) is 5.76. The van der Waals surface area contributed by atoms with Crippen molar-refractivity contribution in [3.8, 4) is 0 Å². The molecule has 0 spiro atoms. The van der Waals surface area contributed by atoms with Crippen LogP contribution in [0.25, 0.3) is 0 Å². The zero-order valence-electron chi connectivity index (χ0n) is 12.6. The van der Waals surface area contributed by atoms with E-state index in [0.717, 1.165) is 29.1 Å². The Morgan fingerprint density at radius 2 is 2.10 bits per heavy atom. The molecule has 2 N–H and O–H groups in total. The van der Waals surface area contributed by atoms with Gasteiger partial charge in [-0.1, -0.05) is 6.07 Å². The average molecular weight is 341 g/mol. The highest BCUT2D eigenvalue weighted by molar-refractivity contribution is 9.10. The maximum Gasteiger partial charge on any atom is 0.0637 e. The second kappa shape index (κ2) is 6.92. The fourth-order valence-corrected chi connectivity index (χ4v) is 3.23. The molecule has 112 valence electrons. The van der Waals surface area contributed by atoms with Crippen LogP contribution in [-0.4, -0.2) is 26.3 Å². The van der Waals surface area contributed by atoms with Gasteiger partial charge in [0.2, 0.25) is 0 Å². The summed E-state index contributed by atoms with van der Waals surface area (Å²) in [5, 5.41) is 0. The van der Waals surface area contributed by atoms with Crippen molar-refractivity contribution in [3.05, 3.63) is 28.2 Å². The molecule has 1 fully saturated rings. The van der Waals surface area contributed by atoms with Gasteiger partial charge in [0.25, 0.3) is 0 Å². The number of nitrogens with two attached hydrogens (primary N) is 1. The standard InChI is InChI=1S/C16H25BrN2O/c1-11(18)14-6-7-16(15(17)10-14)19(8-9-20-3)12(2)13-4-5-13/h6-7,10-13H,4-5,8-9,18H2,1-3H3/t11-,12?/m0/s1. The molecule has 4 heteroatoms. The van der Waals surface area contributed by atoms with E-state index in [4.69, 9.17) is 10.5 Å². The highest BCUT2D eigenvalue weighted by atomic mass is 79.9. The van der Waals surface area contributed by atoms with Crippen molar-refractivity contribution in [1.29, 1.82) is 0 Å². The number of ether oxygens (including phenoxy) is 1.